The Labute approximate surface area is 192 Å². The molecule has 1 amide bonds. The SMILES string of the molecule is CCOc1cc(C)c(N2CC3(CCCC(Cn4cnc5ccc(C#N)cc54)C3)OC2=O)cn1. The van der Waals surface area contributed by atoms with Gasteiger partial charge in [-0.25, -0.2) is 14.8 Å². The maximum absolute atomic E-state index is 12.9. The third kappa shape index (κ3) is 3.99. The van der Waals surface area contributed by atoms with Crippen molar-refractivity contribution in [3.05, 3.63) is 47.9 Å². The second kappa shape index (κ2) is 8.39. The van der Waals surface area contributed by atoms with Crippen LogP contribution >= 0.6 is 0 Å². The number of benzene rings is 1. The van der Waals surface area contributed by atoms with Crippen LogP contribution < -0.4 is 9.64 Å². The number of ether oxygens (including phenoxy) is 2. The van der Waals surface area contributed by atoms with Crippen LogP contribution in [-0.2, 0) is 11.3 Å². The van der Waals surface area contributed by atoms with Gasteiger partial charge in [0, 0.05) is 12.6 Å². The van der Waals surface area contributed by atoms with Crippen LogP contribution in [0.25, 0.3) is 11.0 Å². The van der Waals surface area contributed by atoms with E-state index in [1.54, 1.807) is 17.2 Å². The van der Waals surface area contributed by atoms with Crippen molar-refractivity contribution in [2.75, 3.05) is 18.1 Å². The molecule has 2 atom stereocenters. The zero-order valence-corrected chi connectivity index (χ0v) is 19.0. The summed E-state index contributed by atoms with van der Waals surface area (Å²) in [7, 11) is 0. The van der Waals surface area contributed by atoms with Gasteiger partial charge < -0.3 is 14.0 Å². The van der Waals surface area contributed by atoms with Crippen molar-refractivity contribution in [1.29, 1.82) is 5.26 Å². The van der Waals surface area contributed by atoms with Gasteiger partial charge >= 0.3 is 6.09 Å². The normalized spacial score (nSPS) is 22.5. The molecule has 1 aliphatic heterocycles. The largest absolute Gasteiger partial charge is 0.478 e. The first-order valence-electron chi connectivity index (χ1n) is 11.5. The van der Waals surface area contributed by atoms with Crippen molar-refractivity contribution in [2.24, 2.45) is 5.92 Å². The molecule has 3 aromatic rings. The molecule has 33 heavy (non-hydrogen) atoms. The number of carbonyl (C=O) groups is 1. The number of nitrogens with zero attached hydrogens (tertiary/aromatic N) is 5. The molecule has 0 bridgehead atoms. The summed E-state index contributed by atoms with van der Waals surface area (Å²) in [6, 6.07) is 9.63. The molecule has 8 heteroatoms. The number of imidazole rings is 1. The van der Waals surface area contributed by atoms with Crippen LogP contribution in [0.5, 0.6) is 5.88 Å². The summed E-state index contributed by atoms with van der Waals surface area (Å²) < 4.78 is 13.6. The average molecular weight is 446 g/mol. The van der Waals surface area contributed by atoms with Crippen molar-refractivity contribution in [3.63, 3.8) is 0 Å². The second-order valence-corrected chi connectivity index (χ2v) is 9.05. The van der Waals surface area contributed by atoms with E-state index in [9.17, 15) is 10.1 Å². The number of amides is 1. The van der Waals surface area contributed by atoms with Crippen molar-refractivity contribution in [1.82, 2.24) is 14.5 Å². The van der Waals surface area contributed by atoms with E-state index in [-0.39, 0.29) is 6.09 Å². The fourth-order valence-corrected chi connectivity index (χ4v) is 5.23. The maximum atomic E-state index is 12.9. The Morgan fingerprint density at radius 2 is 2.21 bits per heavy atom. The Morgan fingerprint density at radius 1 is 1.33 bits per heavy atom. The first-order chi connectivity index (χ1) is 16.0. The molecule has 3 heterocycles. The molecule has 1 saturated heterocycles. The molecule has 2 unspecified atom stereocenters. The lowest BCUT2D eigenvalue weighted by molar-refractivity contribution is 0.00439. The van der Waals surface area contributed by atoms with Gasteiger partial charge in [-0.2, -0.15) is 5.26 Å². The molecule has 1 spiro atoms. The van der Waals surface area contributed by atoms with Gasteiger partial charge in [0.1, 0.15) is 5.60 Å². The summed E-state index contributed by atoms with van der Waals surface area (Å²) in [5, 5.41) is 9.25. The van der Waals surface area contributed by atoms with E-state index in [1.807, 2.05) is 38.4 Å². The van der Waals surface area contributed by atoms with Crippen LogP contribution in [0.15, 0.2) is 36.8 Å². The van der Waals surface area contributed by atoms with Gasteiger partial charge in [0.15, 0.2) is 0 Å². The van der Waals surface area contributed by atoms with Gasteiger partial charge in [0.25, 0.3) is 0 Å². The molecule has 5 rings (SSSR count). The lowest BCUT2D eigenvalue weighted by Crippen LogP contribution is -2.40. The highest BCUT2D eigenvalue weighted by atomic mass is 16.6. The standard InChI is InChI=1S/C25H27N5O3/c1-3-32-23-9-17(2)22(13-27-23)30-15-25(33-24(30)31)8-4-5-19(11-25)14-29-16-28-20-7-6-18(12-26)10-21(20)29/h6-7,9-10,13,16,19H,3-5,8,11,14-15H2,1-2H3. The van der Waals surface area contributed by atoms with Crippen molar-refractivity contribution >= 4 is 22.8 Å². The highest BCUT2D eigenvalue weighted by Crippen LogP contribution is 2.42. The molecule has 2 aromatic heterocycles. The first-order valence-corrected chi connectivity index (χ1v) is 11.5. The molecular formula is C25H27N5O3. The third-order valence-electron chi connectivity index (χ3n) is 6.72. The minimum absolute atomic E-state index is 0.309. The minimum atomic E-state index is -0.487. The molecule has 8 nitrogen and oxygen atoms in total. The van der Waals surface area contributed by atoms with Crippen molar-refractivity contribution in [2.45, 2.75) is 51.7 Å². The fourth-order valence-electron chi connectivity index (χ4n) is 5.23. The molecule has 170 valence electrons. The Balaban J connectivity index is 1.33. The number of fused-ring (bicyclic) bond motifs is 1. The van der Waals surface area contributed by atoms with Gasteiger partial charge in [0.05, 0.1) is 54.0 Å². The molecular weight excluding hydrogens is 418 g/mol. The second-order valence-electron chi connectivity index (χ2n) is 9.05. The number of hydrogen-bond acceptors (Lipinski definition) is 6. The summed E-state index contributed by atoms with van der Waals surface area (Å²) in [6.45, 7) is 5.74. The van der Waals surface area contributed by atoms with Crippen LogP contribution in [0.2, 0.25) is 0 Å². The first kappa shape index (κ1) is 21.3. The third-order valence-corrected chi connectivity index (χ3v) is 6.72. The van der Waals surface area contributed by atoms with Crippen molar-refractivity contribution in [3.8, 4) is 11.9 Å². The monoisotopic (exact) mass is 445 g/mol. The lowest BCUT2D eigenvalue weighted by Gasteiger charge is -2.36. The number of anilines is 1. The number of aromatic nitrogens is 3. The summed E-state index contributed by atoms with van der Waals surface area (Å²) in [5.74, 6) is 0.917. The summed E-state index contributed by atoms with van der Waals surface area (Å²) in [4.78, 5) is 23.4. The fraction of sp³-hybridized carbons (Fsp3) is 0.440. The van der Waals surface area contributed by atoms with Crippen LogP contribution in [0.4, 0.5) is 10.5 Å². The van der Waals surface area contributed by atoms with E-state index in [0.29, 0.717) is 30.5 Å². The molecule has 1 saturated carbocycles. The van der Waals surface area contributed by atoms with E-state index in [4.69, 9.17) is 9.47 Å². The Bertz CT molecular complexity index is 1250. The van der Waals surface area contributed by atoms with Gasteiger partial charge in [-0.1, -0.05) is 0 Å². The predicted octanol–water partition coefficient (Wildman–Crippen LogP) is 4.60. The van der Waals surface area contributed by atoms with Crippen LogP contribution in [0, 0.1) is 24.2 Å². The Kier molecular flexibility index (Phi) is 5.41. The average Bonchev–Trinajstić information content (AvgIpc) is 3.34. The molecule has 2 fully saturated rings. The number of rotatable bonds is 5. The van der Waals surface area contributed by atoms with Gasteiger partial charge in [-0.3, -0.25) is 4.90 Å². The predicted molar refractivity (Wildman–Crippen MR) is 123 cm³/mol. The zero-order valence-electron chi connectivity index (χ0n) is 19.0. The maximum Gasteiger partial charge on any atom is 0.415 e. The van der Waals surface area contributed by atoms with Gasteiger partial charge in [0.2, 0.25) is 5.88 Å². The topological polar surface area (TPSA) is 93.3 Å². The molecule has 0 radical (unpaired) electrons. The highest BCUT2D eigenvalue weighted by Gasteiger charge is 2.48. The van der Waals surface area contributed by atoms with E-state index < -0.39 is 5.60 Å². The summed E-state index contributed by atoms with van der Waals surface area (Å²) >= 11 is 0. The number of nitriles is 1. The molecule has 1 aliphatic carbocycles. The minimum Gasteiger partial charge on any atom is -0.478 e. The number of aryl methyl sites for hydroxylation is 1. The van der Waals surface area contributed by atoms with E-state index >= 15 is 0 Å². The molecule has 2 aliphatic rings. The Hall–Kier alpha value is -3.60. The van der Waals surface area contributed by atoms with E-state index in [1.165, 1.54) is 0 Å². The summed E-state index contributed by atoms with van der Waals surface area (Å²) in [6.07, 6.45) is 6.97. The van der Waals surface area contributed by atoms with E-state index in [2.05, 4.69) is 20.6 Å². The van der Waals surface area contributed by atoms with Gasteiger partial charge in [-0.15, -0.1) is 0 Å². The summed E-state index contributed by atoms with van der Waals surface area (Å²) in [5.41, 5.74) is 3.70. The number of carbonyl (C=O) groups excluding carboxylic acids is 1. The van der Waals surface area contributed by atoms with Gasteiger partial charge in [-0.05, 0) is 69.2 Å². The highest BCUT2D eigenvalue weighted by molar-refractivity contribution is 5.91. The quantitative estimate of drug-likeness (QED) is 0.570. The zero-order chi connectivity index (χ0) is 23.0. The number of hydrogen-bond donors (Lipinski definition) is 0. The molecule has 1 aromatic carbocycles. The van der Waals surface area contributed by atoms with Crippen LogP contribution in [0.3, 0.4) is 0 Å². The molecule has 0 N–H and O–H groups in total. The van der Waals surface area contributed by atoms with Crippen LogP contribution in [-0.4, -0.2) is 39.4 Å². The van der Waals surface area contributed by atoms with Crippen molar-refractivity contribution < 1.29 is 14.3 Å². The smallest absolute Gasteiger partial charge is 0.415 e. The lowest BCUT2D eigenvalue weighted by atomic mass is 9.78. The van der Waals surface area contributed by atoms with Crippen LogP contribution in [0.1, 0.15) is 43.7 Å². The Morgan fingerprint density at radius 3 is 3.00 bits per heavy atom. The van der Waals surface area contributed by atoms with E-state index in [0.717, 1.165) is 54.5 Å². The number of pyridine rings is 1.